The number of hydrogen-bond acceptors (Lipinski definition) is 1. The van der Waals surface area contributed by atoms with Crippen LogP contribution in [0.25, 0.3) is 0 Å². The van der Waals surface area contributed by atoms with Crippen LogP contribution < -0.4 is 5.32 Å². The molecule has 4 aliphatic carbocycles. The molecule has 4 fully saturated rings. The lowest BCUT2D eigenvalue weighted by atomic mass is 9.50. The summed E-state index contributed by atoms with van der Waals surface area (Å²) in [5.74, 6) is 5.10. The molecule has 0 amide bonds. The van der Waals surface area contributed by atoms with E-state index in [4.69, 9.17) is 0 Å². The second kappa shape index (κ2) is 5.70. The lowest BCUT2D eigenvalue weighted by Crippen LogP contribution is -2.53. The summed E-state index contributed by atoms with van der Waals surface area (Å²) < 4.78 is 1.18. The minimum absolute atomic E-state index is 0.668. The molecule has 5 rings (SSSR count). The zero-order chi connectivity index (χ0) is 14.4. The van der Waals surface area contributed by atoms with Crippen molar-refractivity contribution in [2.45, 2.75) is 44.6 Å². The summed E-state index contributed by atoms with van der Waals surface area (Å²) >= 11 is 3.54. The number of benzene rings is 1. The highest BCUT2D eigenvalue weighted by Gasteiger charge is 2.50. The molecule has 1 nitrogen and oxygen atoms in total. The summed E-state index contributed by atoms with van der Waals surface area (Å²) in [6.45, 7) is 0. The Bertz CT molecular complexity index is 467. The van der Waals surface area contributed by atoms with E-state index in [0.29, 0.717) is 6.04 Å². The molecule has 0 aromatic heterocycles. The maximum atomic E-state index is 3.68. The molecule has 0 radical (unpaired) electrons. The van der Waals surface area contributed by atoms with Crippen molar-refractivity contribution in [3.63, 3.8) is 0 Å². The van der Waals surface area contributed by atoms with Gasteiger partial charge in [-0.05, 0) is 92.9 Å². The summed E-state index contributed by atoms with van der Waals surface area (Å²) in [6, 6.07) is 9.59. The van der Waals surface area contributed by atoms with Crippen molar-refractivity contribution in [1.29, 1.82) is 0 Å². The third-order valence-electron chi connectivity index (χ3n) is 6.50. The Balaban J connectivity index is 1.51. The van der Waals surface area contributed by atoms with Crippen LogP contribution in [-0.2, 0) is 6.42 Å². The van der Waals surface area contributed by atoms with Gasteiger partial charge < -0.3 is 5.32 Å². The highest BCUT2D eigenvalue weighted by Crippen LogP contribution is 2.57. The number of likely N-dealkylation sites (N-methyl/N-ethyl adjacent to an activating group) is 1. The minimum atomic E-state index is 0.668. The number of rotatable bonds is 4. The molecular formula is C19H26BrN. The first kappa shape index (κ1) is 14.3. The molecule has 1 aromatic carbocycles. The lowest BCUT2D eigenvalue weighted by molar-refractivity contribution is -0.0507. The van der Waals surface area contributed by atoms with Crippen LogP contribution in [0.15, 0.2) is 28.7 Å². The van der Waals surface area contributed by atoms with E-state index in [2.05, 4.69) is 52.6 Å². The van der Waals surface area contributed by atoms with E-state index in [1.54, 1.807) is 6.42 Å². The monoisotopic (exact) mass is 347 g/mol. The van der Waals surface area contributed by atoms with Gasteiger partial charge in [0.25, 0.3) is 0 Å². The van der Waals surface area contributed by atoms with E-state index in [-0.39, 0.29) is 0 Å². The molecule has 4 bridgehead atoms. The standard InChI is InChI=1S/C19H26BrN/c1-21-18(11-12-2-4-17(20)5-3-12)19-15-7-13-6-14(9-15)10-16(19)8-13/h2-5,13-16,18-19,21H,6-11H2,1H3. The molecule has 114 valence electrons. The summed E-state index contributed by atoms with van der Waals surface area (Å²) in [7, 11) is 2.18. The molecule has 1 aromatic rings. The maximum Gasteiger partial charge on any atom is 0.0175 e. The highest BCUT2D eigenvalue weighted by atomic mass is 79.9. The van der Waals surface area contributed by atoms with Crippen molar-refractivity contribution >= 4 is 15.9 Å². The van der Waals surface area contributed by atoms with Gasteiger partial charge in [0.05, 0.1) is 0 Å². The maximum absolute atomic E-state index is 3.68. The average molecular weight is 348 g/mol. The second-order valence-electron chi connectivity index (χ2n) is 7.73. The Hall–Kier alpha value is -0.340. The molecule has 21 heavy (non-hydrogen) atoms. The first-order chi connectivity index (χ1) is 10.2. The topological polar surface area (TPSA) is 12.0 Å². The lowest BCUT2D eigenvalue weighted by Gasteiger charge is -2.56. The van der Waals surface area contributed by atoms with Crippen molar-refractivity contribution in [1.82, 2.24) is 5.32 Å². The first-order valence-corrected chi connectivity index (χ1v) is 9.44. The molecule has 0 heterocycles. The van der Waals surface area contributed by atoms with Crippen LogP contribution in [-0.4, -0.2) is 13.1 Å². The summed E-state index contributed by atoms with van der Waals surface area (Å²) in [4.78, 5) is 0. The molecule has 4 aliphatic rings. The fourth-order valence-corrected chi connectivity index (χ4v) is 6.19. The van der Waals surface area contributed by atoms with Gasteiger partial charge >= 0.3 is 0 Å². The van der Waals surface area contributed by atoms with E-state index in [1.165, 1.54) is 42.1 Å². The van der Waals surface area contributed by atoms with Gasteiger partial charge in [-0.1, -0.05) is 28.1 Å². The van der Waals surface area contributed by atoms with Gasteiger partial charge in [0, 0.05) is 10.5 Å². The van der Waals surface area contributed by atoms with Crippen LogP contribution >= 0.6 is 15.9 Å². The van der Waals surface area contributed by atoms with Gasteiger partial charge in [-0.3, -0.25) is 0 Å². The molecule has 1 unspecified atom stereocenters. The highest BCUT2D eigenvalue weighted by molar-refractivity contribution is 9.10. The number of hydrogen-bond donors (Lipinski definition) is 1. The van der Waals surface area contributed by atoms with Gasteiger partial charge in [0.2, 0.25) is 0 Å². The van der Waals surface area contributed by atoms with Crippen LogP contribution in [0.3, 0.4) is 0 Å². The molecular weight excluding hydrogens is 322 g/mol. The van der Waals surface area contributed by atoms with Gasteiger partial charge in [-0.2, -0.15) is 0 Å². The van der Waals surface area contributed by atoms with Crippen molar-refractivity contribution in [3.05, 3.63) is 34.3 Å². The van der Waals surface area contributed by atoms with Crippen LogP contribution in [0, 0.1) is 29.6 Å². The van der Waals surface area contributed by atoms with Crippen molar-refractivity contribution < 1.29 is 0 Å². The smallest absolute Gasteiger partial charge is 0.0175 e. The predicted molar refractivity (Wildman–Crippen MR) is 91.2 cm³/mol. The van der Waals surface area contributed by atoms with Crippen LogP contribution in [0.5, 0.6) is 0 Å². The van der Waals surface area contributed by atoms with Crippen LogP contribution in [0.2, 0.25) is 0 Å². The van der Waals surface area contributed by atoms with Crippen molar-refractivity contribution in [2.75, 3.05) is 7.05 Å². The van der Waals surface area contributed by atoms with E-state index in [9.17, 15) is 0 Å². The zero-order valence-electron chi connectivity index (χ0n) is 12.9. The molecule has 0 spiro atoms. The fourth-order valence-electron chi connectivity index (χ4n) is 5.93. The SMILES string of the molecule is CNC(Cc1ccc(Br)cc1)C1C2CC3CC(C2)CC1C3. The van der Waals surface area contributed by atoms with E-state index in [0.717, 1.165) is 29.6 Å². The predicted octanol–water partition coefficient (Wildman–Crippen LogP) is 4.65. The van der Waals surface area contributed by atoms with Gasteiger partial charge in [-0.15, -0.1) is 0 Å². The van der Waals surface area contributed by atoms with Crippen molar-refractivity contribution in [2.24, 2.45) is 29.6 Å². The van der Waals surface area contributed by atoms with Crippen LogP contribution in [0.4, 0.5) is 0 Å². The average Bonchev–Trinajstić information content (AvgIpc) is 2.47. The summed E-state index contributed by atoms with van der Waals surface area (Å²) in [6.07, 6.45) is 8.84. The minimum Gasteiger partial charge on any atom is -0.316 e. The normalized spacial score (nSPS) is 38.7. The third kappa shape index (κ3) is 2.70. The summed E-state index contributed by atoms with van der Waals surface area (Å²) in [5.41, 5.74) is 1.48. The first-order valence-electron chi connectivity index (χ1n) is 8.64. The Kier molecular flexibility index (Phi) is 3.87. The quantitative estimate of drug-likeness (QED) is 0.835. The van der Waals surface area contributed by atoms with E-state index < -0.39 is 0 Å². The number of nitrogens with one attached hydrogen (secondary N) is 1. The van der Waals surface area contributed by atoms with E-state index >= 15 is 0 Å². The Morgan fingerprint density at radius 3 is 2.10 bits per heavy atom. The van der Waals surface area contributed by atoms with Crippen molar-refractivity contribution in [3.8, 4) is 0 Å². The van der Waals surface area contributed by atoms with E-state index in [1.807, 2.05) is 0 Å². The Morgan fingerprint density at radius 2 is 1.57 bits per heavy atom. The molecule has 1 atom stereocenters. The number of halogens is 1. The third-order valence-corrected chi connectivity index (χ3v) is 7.03. The Labute approximate surface area is 137 Å². The van der Waals surface area contributed by atoms with Crippen LogP contribution in [0.1, 0.15) is 37.7 Å². The van der Waals surface area contributed by atoms with Gasteiger partial charge in [-0.25, -0.2) is 0 Å². The second-order valence-corrected chi connectivity index (χ2v) is 8.65. The Morgan fingerprint density at radius 1 is 1.00 bits per heavy atom. The fraction of sp³-hybridized carbons (Fsp3) is 0.684. The van der Waals surface area contributed by atoms with Gasteiger partial charge in [0.15, 0.2) is 0 Å². The van der Waals surface area contributed by atoms with Gasteiger partial charge in [0.1, 0.15) is 0 Å². The summed E-state index contributed by atoms with van der Waals surface area (Å²) in [5, 5.41) is 3.68. The molecule has 0 aliphatic heterocycles. The molecule has 1 N–H and O–H groups in total. The molecule has 4 saturated carbocycles. The zero-order valence-corrected chi connectivity index (χ0v) is 14.5. The molecule has 0 saturated heterocycles. The largest absolute Gasteiger partial charge is 0.316 e. The molecule has 2 heteroatoms.